The molecule has 4 unspecified atom stereocenters. The number of carbonyl (C=O) groups excluding carboxylic acids is 2. The molecule has 0 amide bonds. The molecule has 1 saturated carbocycles. The van der Waals surface area contributed by atoms with E-state index in [9.17, 15) is 23.1 Å². The predicted octanol–water partition coefficient (Wildman–Crippen LogP) is 2.93. The van der Waals surface area contributed by atoms with Gasteiger partial charge in [-0.1, -0.05) is 48.0 Å². The van der Waals surface area contributed by atoms with E-state index in [1.165, 1.54) is 19.1 Å². The molecule has 0 aliphatic heterocycles. The Morgan fingerprint density at radius 3 is 2.19 bits per heavy atom. The van der Waals surface area contributed by atoms with Gasteiger partial charge < -0.3 is 14.6 Å². The van der Waals surface area contributed by atoms with Gasteiger partial charge in [-0.3, -0.25) is 9.59 Å². The van der Waals surface area contributed by atoms with Crippen LogP contribution in [0.2, 0.25) is 0 Å². The molecule has 0 spiro atoms. The van der Waals surface area contributed by atoms with Gasteiger partial charge in [-0.25, -0.2) is 4.83 Å². The summed E-state index contributed by atoms with van der Waals surface area (Å²) in [6.45, 7) is 6.75. The van der Waals surface area contributed by atoms with E-state index >= 15 is 0 Å². The first-order valence-electron chi connectivity index (χ1n) is 11.8. The molecule has 9 nitrogen and oxygen atoms in total. The summed E-state index contributed by atoms with van der Waals surface area (Å²) in [4.78, 5) is 28.5. The number of nitrogens with one attached hydrogen (secondary N) is 1. The highest BCUT2D eigenvalue weighted by Gasteiger charge is 2.56. The Kier molecular flexibility index (Phi) is 8.52. The van der Waals surface area contributed by atoms with Crippen LogP contribution in [0.1, 0.15) is 44.2 Å². The van der Waals surface area contributed by atoms with Crippen LogP contribution in [0.5, 0.6) is 0 Å². The van der Waals surface area contributed by atoms with Crippen molar-refractivity contribution in [1.29, 1.82) is 0 Å². The molecule has 0 heterocycles. The van der Waals surface area contributed by atoms with Gasteiger partial charge in [0.15, 0.2) is 0 Å². The molecule has 1 aliphatic rings. The highest BCUT2D eigenvalue weighted by Crippen LogP contribution is 2.47. The van der Waals surface area contributed by atoms with Crippen LogP contribution in [0, 0.1) is 18.8 Å². The standard InChI is InChI=1S/C26H32N2O7S/c1-5-34-24(29)22-20(27-28-36(32,33)19-14-12-17(3)13-15-19)16-26(4,31)23(25(30)35-6-2)21(22)18-10-8-7-9-11-18/h7-15,21-23,28,31H,5-6,16H2,1-4H3. The summed E-state index contributed by atoms with van der Waals surface area (Å²) in [5.41, 5.74) is -0.156. The molecule has 194 valence electrons. The molecular weight excluding hydrogens is 484 g/mol. The Balaban J connectivity index is 2.13. The molecule has 2 N–H and O–H groups in total. The molecule has 2 aromatic carbocycles. The van der Waals surface area contributed by atoms with E-state index in [1.807, 2.05) is 6.92 Å². The molecule has 0 radical (unpaired) electrons. The minimum atomic E-state index is -4.06. The summed E-state index contributed by atoms with van der Waals surface area (Å²) >= 11 is 0. The van der Waals surface area contributed by atoms with Crippen molar-refractivity contribution in [2.24, 2.45) is 16.9 Å². The van der Waals surface area contributed by atoms with Gasteiger partial charge in [0.1, 0.15) is 5.92 Å². The Labute approximate surface area is 211 Å². The molecule has 0 aromatic heterocycles. The molecule has 0 saturated heterocycles. The van der Waals surface area contributed by atoms with Crippen LogP contribution in [0.4, 0.5) is 0 Å². The third-order valence-electron chi connectivity index (χ3n) is 6.19. The van der Waals surface area contributed by atoms with Crippen LogP contribution < -0.4 is 4.83 Å². The minimum absolute atomic E-state index is 0.00304. The van der Waals surface area contributed by atoms with E-state index in [1.54, 1.807) is 56.3 Å². The van der Waals surface area contributed by atoms with Crippen molar-refractivity contribution in [2.75, 3.05) is 13.2 Å². The molecule has 0 bridgehead atoms. The fourth-order valence-corrected chi connectivity index (χ4v) is 5.42. The van der Waals surface area contributed by atoms with Crippen LogP contribution >= 0.6 is 0 Å². The SMILES string of the molecule is CCOC(=O)C1C(=NNS(=O)(=O)c2ccc(C)cc2)CC(C)(O)C(C(=O)OCC)C1c1ccccc1. The number of hydrogen-bond acceptors (Lipinski definition) is 8. The lowest BCUT2D eigenvalue weighted by atomic mass is 9.61. The average Bonchev–Trinajstić information content (AvgIpc) is 2.82. The fraction of sp³-hybridized carbons (Fsp3) is 0.423. The van der Waals surface area contributed by atoms with Crippen molar-refractivity contribution >= 4 is 27.7 Å². The zero-order chi connectivity index (χ0) is 26.5. The normalized spacial score (nSPS) is 25.2. The Bertz CT molecular complexity index is 1210. The van der Waals surface area contributed by atoms with Crippen molar-refractivity contribution in [3.63, 3.8) is 0 Å². The number of ether oxygens (including phenoxy) is 2. The van der Waals surface area contributed by atoms with Gasteiger partial charge >= 0.3 is 11.9 Å². The lowest BCUT2D eigenvalue weighted by Crippen LogP contribution is -2.55. The zero-order valence-corrected chi connectivity index (χ0v) is 21.6. The van der Waals surface area contributed by atoms with Crippen molar-refractivity contribution in [2.45, 2.75) is 50.5 Å². The van der Waals surface area contributed by atoms with Crippen molar-refractivity contribution < 1.29 is 32.6 Å². The highest BCUT2D eigenvalue weighted by atomic mass is 32.2. The summed E-state index contributed by atoms with van der Waals surface area (Å²) in [6, 6.07) is 15.0. The number of aliphatic hydroxyl groups is 1. The summed E-state index contributed by atoms with van der Waals surface area (Å²) in [5.74, 6) is -4.50. The van der Waals surface area contributed by atoms with Crippen LogP contribution in [0.15, 0.2) is 64.6 Å². The van der Waals surface area contributed by atoms with Gasteiger partial charge in [-0.2, -0.15) is 13.5 Å². The fourth-order valence-electron chi connectivity index (χ4n) is 4.58. The Morgan fingerprint density at radius 2 is 1.61 bits per heavy atom. The highest BCUT2D eigenvalue weighted by molar-refractivity contribution is 7.89. The first-order valence-corrected chi connectivity index (χ1v) is 13.3. The van der Waals surface area contributed by atoms with Gasteiger partial charge in [-0.05, 0) is 45.4 Å². The maximum Gasteiger partial charge on any atom is 0.315 e. The second-order valence-electron chi connectivity index (χ2n) is 8.94. The van der Waals surface area contributed by atoms with Gasteiger partial charge in [-0.15, -0.1) is 0 Å². The molecular formula is C26H32N2O7S. The van der Waals surface area contributed by atoms with E-state index in [4.69, 9.17) is 9.47 Å². The zero-order valence-electron chi connectivity index (χ0n) is 20.8. The topological polar surface area (TPSA) is 131 Å². The second-order valence-corrected chi connectivity index (χ2v) is 10.6. The molecule has 36 heavy (non-hydrogen) atoms. The number of sulfonamides is 1. The predicted molar refractivity (Wildman–Crippen MR) is 134 cm³/mol. The van der Waals surface area contributed by atoms with Crippen molar-refractivity contribution in [3.05, 3.63) is 65.7 Å². The quantitative estimate of drug-likeness (QED) is 0.407. The summed E-state index contributed by atoms with van der Waals surface area (Å²) in [5, 5.41) is 15.5. The number of esters is 2. The van der Waals surface area contributed by atoms with E-state index in [-0.39, 0.29) is 30.2 Å². The third-order valence-corrected chi connectivity index (χ3v) is 7.42. The smallest absolute Gasteiger partial charge is 0.315 e. The summed E-state index contributed by atoms with van der Waals surface area (Å²) in [7, 11) is -4.06. The molecule has 4 atom stereocenters. The van der Waals surface area contributed by atoms with Gasteiger partial charge in [0, 0.05) is 12.3 Å². The van der Waals surface area contributed by atoms with Gasteiger partial charge in [0.25, 0.3) is 10.0 Å². The van der Waals surface area contributed by atoms with Gasteiger partial charge in [0.2, 0.25) is 0 Å². The third kappa shape index (κ3) is 5.93. The van der Waals surface area contributed by atoms with E-state index in [0.717, 1.165) is 5.56 Å². The first-order chi connectivity index (χ1) is 17.0. The summed E-state index contributed by atoms with van der Waals surface area (Å²) < 4.78 is 36.4. The molecule has 1 fully saturated rings. The average molecular weight is 517 g/mol. The van der Waals surface area contributed by atoms with E-state index in [2.05, 4.69) is 9.93 Å². The monoisotopic (exact) mass is 516 g/mol. The Hall–Kier alpha value is -3.24. The minimum Gasteiger partial charge on any atom is -0.466 e. The van der Waals surface area contributed by atoms with Gasteiger partial charge in [0.05, 0.1) is 35.3 Å². The molecule has 2 aromatic rings. The van der Waals surface area contributed by atoms with Crippen molar-refractivity contribution in [3.8, 4) is 0 Å². The van der Waals surface area contributed by atoms with Crippen LogP contribution in [0.25, 0.3) is 0 Å². The number of rotatable bonds is 8. The maximum atomic E-state index is 13.2. The largest absolute Gasteiger partial charge is 0.466 e. The lowest BCUT2D eigenvalue weighted by Gasteiger charge is -2.45. The van der Waals surface area contributed by atoms with Crippen LogP contribution in [-0.2, 0) is 29.1 Å². The molecule has 3 rings (SSSR count). The molecule has 10 heteroatoms. The number of hydrazone groups is 1. The molecule has 1 aliphatic carbocycles. The number of carbonyl (C=O) groups is 2. The van der Waals surface area contributed by atoms with Crippen LogP contribution in [0.3, 0.4) is 0 Å². The van der Waals surface area contributed by atoms with Crippen LogP contribution in [-0.4, -0.2) is 50.0 Å². The Morgan fingerprint density at radius 1 is 1.03 bits per heavy atom. The lowest BCUT2D eigenvalue weighted by molar-refractivity contribution is -0.163. The number of aryl methyl sites for hydroxylation is 1. The number of hydrogen-bond donors (Lipinski definition) is 2. The first kappa shape index (κ1) is 27.3. The van der Waals surface area contributed by atoms with E-state index in [0.29, 0.717) is 5.56 Å². The maximum absolute atomic E-state index is 13.2. The number of nitrogens with zero attached hydrogens (tertiary/aromatic N) is 1. The van der Waals surface area contributed by atoms with Crippen molar-refractivity contribution in [1.82, 2.24) is 4.83 Å². The number of benzene rings is 2. The van der Waals surface area contributed by atoms with E-state index < -0.39 is 45.3 Å². The summed E-state index contributed by atoms with van der Waals surface area (Å²) in [6.07, 6.45) is -0.250. The second kappa shape index (κ2) is 11.2.